The molecule has 1 N–H and O–H groups in total. The van der Waals surface area contributed by atoms with E-state index in [0.29, 0.717) is 19.5 Å². The third kappa shape index (κ3) is 5.18. The van der Waals surface area contributed by atoms with Crippen LogP contribution in [0.15, 0.2) is 29.2 Å². The molecule has 6 nitrogen and oxygen atoms in total. The zero-order chi connectivity index (χ0) is 15.0. The zero-order valence-electron chi connectivity index (χ0n) is 11.3. The molecule has 1 amide bonds. The molecule has 7 heteroatoms. The van der Waals surface area contributed by atoms with Crippen molar-refractivity contribution in [3.8, 4) is 0 Å². The summed E-state index contributed by atoms with van der Waals surface area (Å²) >= 11 is 1.35. The van der Waals surface area contributed by atoms with Gasteiger partial charge < -0.3 is 10.0 Å². The largest absolute Gasteiger partial charge is 0.396 e. The predicted octanol–water partition coefficient (Wildman–Crippen LogP) is 1.92. The van der Waals surface area contributed by atoms with Crippen LogP contribution in [0.2, 0.25) is 0 Å². The van der Waals surface area contributed by atoms with E-state index >= 15 is 0 Å². The average Bonchev–Trinajstić information content (AvgIpc) is 2.46. The van der Waals surface area contributed by atoms with Crippen molar-refractivity contribution in [2.24, 2.45) is 0 Å². The topological polar surface area (TPSA) is 83.7 Å². The van der Waals surface area contributed by atoms with Crippen molar-refractivity contribution < 1.29 is 14.8 Å². The third-order valence-corrected chi connectivity index (χ3v) is 3.73. The van der Waals surface area contributed by atoms with E-state index in [-0.39, 0.29) is 24.0 Å². The molecule has 0 aromatic heterocycles. The van der Waals surface area contributed by atoms with Crippen LogP contribution in [0, 0.1) is 10.1 Å². The summed E-state index contributed by atoms with van der Waals surface area (Å²) in [4.78, 5) is 24.5. The van der Waals surface area contributed by atoms with Crippen LogP contribution < -0.4 is 0 Å². The Morgan fingerprint density at radius 3 is 2.55 bits per heavy atom. The van der Waals surface area contributed by atoms with Crippen molar-refractivity contribution >= 4 is 23.4 Å². The molecule has 0 unspecified atom stereocenters. The van der Waals surface area contributed by atoms with Gasteiger partial charge >= 0.3 is 0 Å². The quantitative estimate of drug-likeness (QED) is 0.450. The van der Waals surface area contributed by atoms with Gasteiger partial charge in [0.15, 0.2) is 0 Å². The maximum Gasteiger partial charge on any atom is 0.269 e. The Kier molecular flexibility index (Phi) is 7.03. The number of nitro groups is 1. The number of carbonyl (C=O) groups excluding carboxylic acids is 1. The van der Waals surface area contributed by atoms with Crippen molar-refractivity contribution in [3.05, 3.63) is 34.4 Å². The van der Waals surface area contributed by atoms with Gasteiger partial charge in [-0.15, -0.1) is 11.8 Å². The standard InChI is InChI=1S/C13H18N2O4S/c1-2-14(8-3-9-16)13(17)10-20-12-6-4-11(5-7-12)15(18)19/h4-7,16H,2-3,8-10H2,1H3. The number of non-ortho nitro benzene ring substituents is 1. The molecule has 0 fully saturated rings. The Morgan fingerprint density at radius 1 is 1.40 bits per heavy atom. The fraction of sp³-hybridized carbons (Fsp3) is 0.462. The van der Waals surface area contributed by atoms with Gasteiger partial charge in [0.2, 0.25) is 5.91 Å². The highest BCUT2D eigenvalue weighted by Crippen LogP contribution is 2.21. The fourth-order valence-electron chi connectivity index (χ4n) is 1.62. The molecule has 0 aliphatic carbocycles. The van der Waals surface area contributed by atoms with Gasteiger partial charge in [-0.25, -0.2) is 0 Å². The number of rotatable bonds is 8. The van der Waals surface area contributed by atoms with Crippen LogP contribution in [0.4, 0.5) is 5.69 Å². The summed E-state index contributed by atoms with van der Waals surface area (Å²) in [5.41, 5.74) is 0.0406. The van der Waals surface area contributed by atoms with Crippen LogP contribution in [-0.4, -0.2) is 46.3 Å². The van der Waals surface area contributed by atoms with Crippen molar-refractivity contribution in [2.75, 3.05) is 25.4 Å². The number of thioether (sulfide) groups is 1. The van der Waals surface area contributed by atoms with E-state index < -0.39 is 4.92 Å². The first-order valence-corrected chi connectivity index (χ1v) is 7.33. The van der Waals surface area contributed by atoms with Crippen LogP contribution in [0.3, 0.4) is 0 Å². The number of carbonyl (C=O) groups is 1. The van der Waals surface area contributed by atoms with Gasteiger partial charge in [0.05, 0.1) is 10.7 Å². The van der Waals surface area contributed by atoms with Gasteiger partial charge in [0.1, 0.15) is 0 Å². The Bertz CT molecular complexity index is 450. The Morgan fingerprint density at radius 2 is 2.05 bits per heavy atom. The van der Waals surface area contributed by atoms with Gasteiger partial charge in [-0.2, -0.15) is 0 Å². The highest BCUT2D eigenvalue weighted by molar-refractivity contribution is 8.00. The Balaban J connectivity index is 2.49. The summed E-state index contributed by atoms with van der Waals surface area (Å²) in [7, 11) is 0. The summed E-state index contributed by atoms with van der Waals surface area (Å²) < 4.78 is 0. The molecule has 0 saturated heterocycles. The van der Waals surface area contributed by atoms with Crippen molar-refractivity contribution in [2.45, 2.75) is 18.2 Å². The molecule has 0 aliphatic heterocycles. The molecule has 0 heterocycles. The van der Waals surface area contributed by atoms with Crippen LogP contribution >= 0.6 is 11.8 Å². The van der Waals surface area contributed by atoms with Crippen LogP contribution in [0.25, 0.3) is 0 Å². The van der Waals surface area contributed by atoms with Gasteiger partial charge in [0.25, 0.3) is 5.69 Å². The molecule has 20 heavy (non-hydrogen) atoms. The molecular formula is C13H18N2O4S. The summed E-state index contributed by atoms with van der Waals surface area (Å²) in [6.07, 6.45) is 0.571. The van der Waals surface area contributed by atoms with E-state index in [9.17, 15) is 14.9 Å². The lowest BCUT2D eigenvalue weighted by Crippen LogP contribution is -2.33. The van der Waals surface area contributed by atoms with Crippen LogP contribution in [0.1, 0.15) is 13.3 Å². The molecule has 1 rings (SSSR count). The number of nitrogens with zero attached hydrogens (tertiary/aromatic N) is 2. The minimum atomic E-state index is -0.451. The Labute approximate surface area is 121 Å². The zero-order valence-corrected chi connectivity index (χ0v) is 12.1. The number of hydrogen-bond acceptors (Lipinski definition) is 5. The number of aliphatic hydroxyl groups is 1. The van der Waals surface area contributed by atoms with E-state index in [0.717, 1.165) is 4.90 Å². The maximum atomic E-state index is 11.9. The van der Waals surface area contributed by atoms with Crippen molar-refractivity contribution in [3.63, 3.8) is 0 Å². The molecule has 1 aromatic carbocycles. The monoisotopic (exact) mass is 298 g/mol. The predicted molar refractivity (Wildman–Crippen MR) is 77.8 cm³/mol. The smallest absolute Gasteiger partial charge is 0.269 e. The minimum Gasteiger partial charge on any atom is -0.396 e. The second-order valence-corrected chi connectivity index (χ2v) is 5.14. The molecule has 1 aromatic rings. The lowest BCUT2D eigenvalue weighted by molar-refractivity contribution is -0.384. The van der Waals surface area contributed by atoms with Gasteiger partial charge in [-0.05, 0) is 25.5 Å². The van der Waals surface area contributed by atoms with Crippen LogP contribution in [0.5, 0.6) is 0 Å². The fourth-order valence-corrected chi connectivity index (χ4v) is 2.42. The first kappa shape index (κ1) is 16.5. The first-order valence-electron chi connectivity index (χ1n) is 6.34. The highest BCUT2D eigenvalue weighted by atomic mass is 32.2. The van der Waals surface area contributed by atoms with Crippen LogP contribution in [-0.2, 0) is 4.79 Å². The molecule has 110 valence electrons. The van der Waals surface area contributed by atoms with E-state index in [1.807, 2.05) is 6.92 Å². The highest BCUT2D eigenvalue weighted by Gasteiger charge is 2.12. The molecule has 0 spiro atoms. The Hall–Kier alpha value is -1.60. The number of nitro benzene ring substituents is 1. The minimum absolute atomic E-state index is 0.00398. The molecule has 0 bridgehead atoms. The lowest BCUT2D eigenvalue weighted by Gasteiger charge is -2.20. The summed E-state index contributed by atoms with van der Waals surface area (Å²) in [6, 6.07) is 6.13. The summed E-state index contributed by atoms with van der Waals surface area (Å²) in [6.45, 7) is 3.12. The number of aliphatic hydroxyl groups excluding tert-OH is 1. The molecule has 0 saturated carbocycles. The summed E-state index contributed by atoms with van der Waals surface area (Å²) in [5.74, 6) is 0.293. The second kappa shape index (κ2) is 8.55. The number of amides is 1. The maximum absolute atomic E-state index is 11.9. The number of benzene rings is 1. The normalized spacial score (nSPS) is 10.3. The van der Waals surface area contributed by atoms with E-state index in [1.165, 1.54) is 23.9 Å². The SMILES string of the molecule is CCN(CCCO)C(=O)CSc1ccc([N+](=O)[O-])cc1. The summed E-state index contributed by atoms with van der Waals surface area (Å²) in [5, 5.41) is 19.3. The first-order chi connectivity index (χ1) is 9.58. The van der Waals surface area contributed by atoms with Gasteiger partial charge in [-0.3, -0.25) is 14.9 Å². The molecule has 0 aliphatic rings. The second-order valence-electron chi connectivity index (χ2n) is 4.09. The number of hydrogen-bond donors (Lipinski definition) is 1. The van der Waals surface area contributed by atoms with Crippen molar-refractivity contribution in [1.82, 2.24) is 4.90 Å². The third-order valence-electron chi connectivity index (χ3n) is 2.73. The van der Waals surface area contributed by atoms with E-state index in [2.05, 4.69) is 0 Å². The van der Waals surface area contributed by atoms with Gasteiger partial charge in [0, 0.05) is 36.7 Å². The molecule has 0 atom stereocenters. The van der Waals surface area contributed by atoms with Gasteiger partial charge in [-0.1, -0.05) is 0 Å². The lowest BCUT2D eigenvalue weighted by atomic mass is 10.3. The van der Waals surface area contributed by atoms with E-state index in [4.69, 9.17) is 5.11 Å². The molecule has 0 radical (unpaired) electrons. The van der Waals surface area contributed by atoms with E-state index in [1.54, 1.807) is 17.0 Å². The van der Waals surface area contributed by atoms with Crippen molar-refractivity contribution in [1.29, 1.82) is 0 Å². The average molecular weight is 298 g/mol. The molecular weight excluding hydrogens is 280 g/mol.